The molecule has 0 radical (unpaired) electrons. The zero-order chi connectivity index (χ0) is 9.80. The summed E-state index contributed by atoms with van der Waals surface area (Å²) in [7, 11) is 0. The van der Waals surface area contributed by atoms with Gasteiger partial charge in [-0.2, -0.15) is 0 Å². The van der Waals surface area contributed by atoms with Crippen LogP contribution in [0.25, 0.3) is 0 Å². The normalized spacial score (nSPS) is 12.9. The van der Waals surface area contributed by atoms with Crippen molar-refractivity contribution in [1.29, 1.82) is 0 Å². The minimum Gasteiger partial charge on any atom is -0.468 e. The van der Waals surface area contributed by atoms with Crippen molar-refractivity contribution in [2.24, 2.45) is 5.84 Å². The van der Waals surface area contributed by atoms with E-state index in [1.807, 2.05) is 18.2 Å². The van der Waals surface area contributed by atoms with Crippen molar-refractivity contribution in [2.45, 2.75) is 12.5 Å². The highest BCUT2D eigenvalue weighted by Gasteiger charge is 2.13. The Morgan fingerprint density at radius 1 is 1.43 bits per heavy atom. The highest BCUT2D eigenvalue weighted by atomic mass is 32.1. The molecule has 0 aliphatic rings. The van der Waals surface area contributed by atoms with Gasteiger partial charge in [-0.05, 0) is 23.6 Å². The third-order valence-electron chi connectivity index (χ3n) is 2.07. The molecule has 14 heavy (non-hydrogen) atoms. The number of furan rings is 1. The standard InChI is InChI=1S/C10H12N2OS/c11-12-9(10-4-1-5-13-10)7-8-3-2-6-14-8/h1-6,9,12H,7,11H2. The molecule has 1 unspecified atom stereocenters. The first-order valence-corrected chi connectivity index (χ1v) is 5.30. The lowest BCUT2D eigenvalue weighted by molar-refractivity contribution is 0.417. The number of hydrogen-bond donors (Lipinski definition) is 2. The van der Waals surface area contributed by atoms with Crippen LogP contribution in [0.4, 0.5) is 0 Å². The second-order valence-electron chi connectivity index (χ2n) is 3.02. The van der Waals surface area contributed by atoms with Crippen molar-refractivity contribution >= 4 is 11.3 Å². The average molecular weight is 208 g/mol. The molecule has 0 fully saturated rings. The number of hydrogen-bond acceptors (Lipinski definition) is 4. The molecule has 1 atom stereocenters. The Hall–Kier alpha value is -1.10. The third-order valence-corrected chi connectivity index (χ3v) is 2.97. The summed E-state index contributed by atoms with van der Waals surface area (Å²) in [5, 5.41) is 2.06. The fourth-order valence-electron chi connectivity index (χ4n) is 1.36. The molecule has 0 aliphatic heterocycles. The molecule has 3 N–H and O–H groups in total. The van der Waals surface area contributed by atoms with Crippen LogP contribution in [0.2, 0.25) is 0 Å². The second-order valence-corrected chi connectivity index (χ2v) is 4.05. The quantitative estimate of drug-likeness (QED) is 0.597. The second kappa shape index (κ2) is 4.41. The maximum atomic E-state index is 5.48. The first kappa shape index (κ1) is 9.45. The van der Waals surface area contributed by atoms with Crippen molar-refractivity contribution in [3.05, 3.63) is 46.5 Å². The van der Waals surface area contributed by atoms with E-state index in [-0.39, 0.29) is 6.04 Å². The number of thiophene rings is 1. The van der Waals surface area contributed by atoms with E-state index in [0.29, 0.717) is 0 Å². The largest absolute Gasteiger partial charge is 0.468 e. The summed E-state index contributed by atoms with van der Waals surface area (Å²) >= 11 is 1.73. The molecular weight excluding hydrogens is 196 g/mol. The molecule has 2 aromatic heterocycles. The number of nitrogens with two attached hydrogens (primary N) is 1. The van der Waals surface area contributed by atoms with Gasteiger partial charge in [0, 0.05) is 11.3 Å². The predicted octanol–water partition coefficient (Wildman–Crippen LogP) is 2.09. The molecule has 0 amide bonds. The Morgan fingerprint density at radius 3 is 2.93 bits per heavy atom. The van der Waals surface area contributed by atoms with E-state index < -0.39 is 0 Å². The summed E-state index contributed by atoms with van der Waals surface area (Å²) in [4.78, 5) is 1.30. The lowest BCUT2D eigenvalue weighted by atomic mass is 10.1. The van der Waals surface area contributed by atoms with Crippen LogP contribution in [0.1, 0.15) is 16.7 Å². The molecule has 0 spiro atoms. The van der Waals surface area contributed by atoms with Crippen LogP contribution < -0.4 is 11.3 Å². The van der Waals surface area contributed by atoms with E-state index >= 15 is 0 Å². The van der Waals surface area contributed by atoms with Crippen LogP contribution in [0.15, 0.2) is 40.3 Å². The molecule has 3 nitrogen and oxygen atoms in total. The summed E-state index contributed by atoms with van der Waals surface area (Å²) in [5.41, 5.74) is 2.76. The van der Waals surface area contributed by atoms with E-state index in [0.717, 1.165) is 12.2 Å². The summed E-state index contributed by atoms with van der Waals surface area (Å²) in [6.07, 6.45) is 2.52. The van der Waals surface area contributed by atoms with Crippen LogP contribution >= 0.6 is 11.3 Å². The van der Waals surface area contributed by atoms with Crippen LogP contribution in [0.3, 0.4) is 0 Å². The van der Waals surface area contributed by atoms with E-state index in [4.69, 9.17) is 10.3 Å². The Kier molecular flexibility index (Phi) is 2.98. The van der Waals surface area contributed by atoms with Crippen LogP contribution in [0, 0.1) is 0 Å². The van der Waals surface area contributed by atoms with Gasteiger partial charge in [0.15, 0.2) is 0 Å². The van der Waals surface area contributed by atoms with Gasteiger partial charge in [-0.25, -0.2) is 5.43 Å². The Bertz CT molecular complexity index is 355. The maximum absolute atomic E-state index is 5.48. The molecule has 0 saturated carbocycles. The van der Waals surface area contributed by atoms with Gasteiger partial charge in [0.25, 0.3) is 0 Å². The van der Waals surface area contributed by atoms with E-state index in [2.05, 4.69) is 16.9 Å². The molecular formula is C10H12N2OS. The topological polar surface area (TPSA) is 51.2 Å². The zero-order valence-electron chi connectivity index (χ0n) is 7.64. The SMILES string of the molecule is NNC(Cc1cccs1)c1ccco1. The van der Waals surface area contributed by atoms with Crippen molar-refractivity contribution in [3.8, 4) is 0 Å². The summed E-state index contributed by atoms with van der Waals surface area (Å²) < 4.78 is 5.30. The molecule has 0 saturated heterocycles. The third kappa shape index (κ3) is 2.04. The number of nitrogens with one attached hydrogen (secondary N) is 1. The van der Waals surface area contributed by atoms with Crippen LogP contribution in [-0.4, -0.2) is 0 Å². The van der Waals surface area contributed by atoms with E-state index in [9.17, 15) is 0 Å². The zero-order valence-corrected chi connectivity index (χ0v) is 8.46. The summed E-state index contributed by atoms with van der Waals surface area (Å²) in [6, 6.07) is 7.99. The predicted molar refractivity (Wildman–Crippen MR) is 56.8 cm³/mol. The average Bonchev–Trinajstić information content (AvgIpc) is 2.86. The van der Waals surface area contributed by atoms with Crippen LogP contribution in [-0.2, 0) is 6.42 Å². The molecule has 0 bridgehead atoms. The summed E-state index contributed by atoms with van der Waals surface area (Å²) in [5.74, 6) is 6.35. The fraction of sp³-hybridized carbons (Fsp3) is 0.200. The molecule has 74 valence electrons. The van der Waals surface area contributed by atoms with Gasteiger partial charge in [-0.1, -0.05) is 6.07 Å². The monoisotopic (exact) mass is 208 g/mol. The lowest BCUT2D eigenvalue weighted by Gasteiger charge is -2.11. The molecule has 2 rings (SSSR count). The van der Waals surface area contributed by atoms with Gasteiger partial charge in [-0.3, -0.25) is 5.84 Å². The highest BCUT2D eigenvalue weighted by Crippen LogP contribution is 2.20. The van der Waals surface area contributed by atoms with Crippen molar-refractivity contribution in [2.75, 3.05) is 0 Å². The van der Waals surface area contributed by atoms with Gasteiger partial charge >= 0.3 is 0 Å². The van der Waals surface area contributed by atoms with Gasteiger partial charge in [0.05, 0.1) is 12.3 Å². The van der Waals surface area contributed by atoms with Gasteiger partial charge < -0.3 is 4.42 Å². The lowest BCUT2D eigenvalue weighted by Crippen LogP contribution is -2.29. The molecule has 0 aliphatic carbocycles. The first-order chi connectivity index (χ1) is 6.90. The van der Waals surface area contributed by atoms with Gasteiger partial charge in [0.2, 0.25) is 0 Å². The smallest absolute Gasteiger partial charge is 0.122 e. The Morgan fingerprint density at radius 2 is 2.36 bits per heavy atom. The van der Waals surface area contributed by atoms with E-state index in [1.165, 1.54) is 4.88 Å². The fourth-order valence-corrected chi connectivity index (χ4v) is 2.11. The van der Waals surface area contributed by atoms with Crippen molar-refractivity contribution in [1.82, 2.24) is 5.43 Å². The number of hydrazine groups is 1. The minimum atomic E-state index is 0.0589. The van der Waals surface area contributed by atoms with Crippen molar-refractivity contribution < 1.29 is 4.42 Å². The molecule has 2 aromatic rings. The van der Waals surface area contributed by atoms with E-state index in [1.54, 1.807) is 17.6 Å². The van der Waals surface area contributed by atoms with Gasteiger partial charge in [-0.15, -0.1) is 11.3 Å². The van der Waals surface area contributed by atoms with Gasteiger partial charge in [0.1, 0.15) is 5.76 Å². The first-order valence-electron chi connectivity index (χ1n) is 4.42. The number of rotatable bonds is 4. The maximum Gasteiger partial charge on any atom is 0.122 e. The summed E-state index contributed by atoms with van der Waals surface area (Å²) in [6.45, 7) is 0. The van der Waals surface area contributed by atoms with Crippen molar-refractivity contribution in [3.63, 3.8) is 0 Å². The van der Waals surface area contributed by atoms with Crippen LogP contribution in [0.5, 0.6) is 0 Å². The Labute approximate surface area is 86.5 Å². The molecule has 2 heterocycles. The Balaban J connectivity index is 2.08. The minimum absolute atomic E-state index is 0.0589. The molecule has 4 heteroatoms. The molecule has 0 aromatic carbocycles. The highest BCUT2D eigenvalue weighted by molar-refractivity contribution is 7.09.